The molecule has 1 N–H and O–H groups in total. The van der Waals surface area contributed by atoms with Crippen molar-refractivity contribution in [1.29, 1.82) is 0 Å². The Balaban J connectivity index is 1.28. The van der Waals surface area contributed by atoms with E-state index in [0.29, 0.717) is 11.1 Å². The van der Waals surface area contributed by atoms with Gasteiger partial charge in [-0.1, -0.05) is 42.1 Å². The number of ether oxygens (including phenoxy) is 1. The van der Waals surface area contributed by atoms with E-state index in [1.54, 1.807) is 0 Å². The first-order valence-corrected chi connectivity index (χ1v) is 11.1. The number of anilines is 2. The SMILES string of the molecule is CN1CCN(c2ccccc2NC(=O)CSc2nnc(COc3ccccc3)o2)CC1. The molecule has 0 atom stereocenters. The fourth-order valence-corrected chi connectivity index (χ4v) is 3.81. The normalized spacial score (nSPS) is 14.4. The van der Waals surface area contributed by atoms with Gasteiger partial charge >= 0.3 is 0 Å². The summed E-state index contributed by atoms with van der Waals surface area (Å²) in [4.78, 5) is 17.1. The van der Waals surface area contributed by atoms with Crippen molar-refractivity contribution in [1.82, 2.24) is 15.1 Å². The van der Waals surface area contributed by atoms with Gasteiger partial charge in [-0.2, -0.15) is 0 Å². The minimum Gasteiger partial charge on any atom is -0.484 e. The smallest absolute Gasteiger partial charge is 0.277 e. The van der Waals surface area contributed by atoms with Crippen LogP contribution in [0.25, 0.3) is 0 Å². The summed E-state index contributed by atoms with van der Waals surface area (Å²) in [5, 5.41) is 11.3. The van der Waals surface area contributed by atoms with Crippen LogP contribution in [0, 0.1) is 0 Å². The van der Waals surface area contributed by atoms with Crippen LogP contribution in [0.4, 0.5) is 11.4 Å². The lowest BCUT2D eigenvalue weighted by molar-refractivity contribution is -0.113. The summed E-state index contributed by atoms with van der Waals surface area (Å²) in [5.74, 6) is 1.16. The van der Waals surface area contributed by atoms with Gasteiger partial charge in [-0.15, -0.1) is 10.2 Å². The lowest BCUT2D eigenvalue weighted by atomic mass is 10.2. The molecule has 0 aliphatic carbocycles. The van der Waals surface area contributed by atoms with Gasteiger partial charge in [-0.05, 0) is 31.3 Å². The minimum absolute atomic E-state index is 0.119. The summed E-state index contributed by atoms with van der Waals surface area (Å²) in [6, 6.07) is 17.3. The predicted octanol–water partition coefficient (Wildman–Crippen LogP) is 3.13. The van der Waals surface area contributed by atoms with E-state index in [9.17, 15) is 4.79 Å². The number of nitrogens with one attached hydrogen (secondary N) is 1. The third-order valence-electron chi connectivity index (χ3n) is 4.90. The molecular weight excluding hydrogens is 414 g/mol. The molecule has 9 heteroatoms. The molecule has 1 saturated heterocycles. The van der Waals surface area contributed by atoms with Crippen LogP contribution in [0.2, 0.25) is 0 Å². The molecule has 1 aliphatic heterocycles. The molecule has 0 unspecified atom stereocenters. The van der Waals surface area contributed by atoms with Crippen molar-refractivity contribution in [3.63, 3.8) is 0 Å². The minimum atomic E-state index is -0.119. The van der Waals surface area contributed by atoms with E-state index in [-0.39, 0.29) is 18.3 Å². The zero-order valence-corrected chi connectivity index (χ0v) is 18.2. The quantitative estimate of drug-likeness (QED) is 0.536. The van der Waals surface area contributed by atoms with Crippen LogP contribution in [0.5, 0.6) is 5.75 Å². The predicted molar refractivity (Wildman–Crippen MR) is 121 cm³/mol. The van der Waals surface area contributed by atoms with Gasteiger partial charge in [-0.25, -0.2) is 0 Å². The summed E-state index contributed by atoms with van der Waals surface area (Å²) in [6.07, 6.45) is 0. The number of benzene rings is 2. The zero-order chi connectivity index (χ0) is 21.5. The molecule has 0 bridgehead atoms. The Hall–Kier alpha value is -3.04. The molecule has 162 valence electrons. The maximum absolute atomic E-state index is 12.5. The van der Waals surface area contributed by atoms with E-state index in [1.165, 1.54) is 11.8 Å². The Bertz CT molecular complexity index is 990. The van der Waals surface area contributed by atoms with Crippen molar-refractivity contribution in [3.8, 4) is 5.75 Å². The molecule has 0 radical (unpaired) electrons. The highest BCUT2D eigenvalue weighted by Gasteiger charge is 2.18. The van der Waals surface area contributed by atoms with Crippen LogP contribution in [0.1, 0.15) is 5.89 Å². The Morgan fingerprint density at radius 2 is 1.81 bits per heavy atom. The largest absolute Gasteiger partial charge is 0.484 e. The van der Waals surface area contributed by atoms with Crippen molar-refractivity contribution < 1.29 is 13.9 Å². The maximum Gasteiger partial charge on any atom is 0.277 e. The van der Waals surface area contributed by atoms with E-state index in [1.807, 2.05) is 54.6 Å². The van der Waals surface area contributed by atoms with E-state index in [4.69, 9.17) is 9.15 Å². The maximum atomic E-state index is 12.5. The first-order valence-electron chi connectivity index (χ1n) is 10.1. The van der Waals surface area contributed by atoms with Crippen molar-refractivity contribution in [3.05, 3.63) is 60.5 Å². The second-order valence-corrected chi connectivity index (χ2v) is 8.13. The average molecular weight is 440 g/mol. The Morgan fingerprint density at radius 1 is 1.06 bits per heavy atom. The lowest BCUT2D eigenvalue weighted by Crippen LogP contribution is -2.44. The first kappa shape index (κ1) is 21.2. The number of aromatic nitrogens is 2. The van der Waals surface area contributed by atoms with Crippen LogP contribution < -0.4 is 15.0 Å². The molecule has 2 heterocycles. The Morgan fingerprint density at radius 3 is 2.61 bits per heavy atom. The van der Waals surface area contributed by atoms with Gasteiger partial charge in [0.1, 0.15) is 5.75 Å². The number of carbonyl (C=O) groups is 1. The van der Waals surface area contributed by atoms with Crippen molar-refractivity contribution in [2.75, 3.05) is 49.2 Å². The molecule has 1 aromatic heterocycles. The average Bonchev–Trinajstić information content (AvgIpc) is 3.26. The fourth-order valence-electron chi connectivity index (χ4n) is 3.23. The van der Waals surface area contributed by atoms with E-state index >= 15 is 0 Å². The molecule has 31 heavy (non-hydrogen) atoms. The Kier molecular flexibility index (Phi) is 7.06. The third kappa shape index (κ3) is 5.99. The third-order valence-corrected chi connectivity index (χ3v) is 5.72. The van der Waals surface area contributed by atoms with E-state index in [2.05, 4.69) is 32.4 Å². The molecular formula is C22H25N5O3S. The van der Waals surface area contributed by atoms with Gasteiger partial charge in [0.15, 0.2) is 6.61 Å². The van der Waals surface area contributed by atoms with Crippen LogP contribution >= 0.6 is 11.8 Å². The molecule has 0 saturated carbocycles. The van der Waals surface area contributed by atoms with Crippen molar-refractivity contribution >= 4 is 29.0 Å². The van der Waals surface area contributed by atoms with E-state index < -0.39 is 0 Å². The van der Waals surface area contributed by atoms with Crippen LogP contribution in [-0.4, -0.2) is 60.0 Å². The number of thioether (sulfide) groups is 1. The van der Waals surface area contributed by atoms with Crippen LogP contribution in [-0.2, 0) is 11.4 Å². The van der Waals surface area contributed by atoms with Gasteiger partial charge in [0.05, 0.1) is 17.1 Å². The van der Waals surface area contributed by atoms with Gasteiger partial charge < -0.3 is 24.3 Å². The molecule has 1 aliphatic rings. The topological polar surface area (TPSA) is 83.7 Å². The summed E-state index contributed by atoms with van der Waals surface area (Å²) < 4.78 is 11.2. The molecule has 4 rings (SSSR count). The lowest BCUT2D eigenvalue weighted by Gasteiger charge is -2.35. The second-order valence-electron chi connectivity index (χ2n) is 7.21. The number of likely N-dealkylation sites (N-methyl/N-ethyl adjacent to an activating group) is 1. The molecule has 8 nitrogen and oxygen atoms in total. The summed E-state index contributed by atoms with van der Waals surface area (Å²) in [5.41, 5.74) is 1.87. The number of amides is 1. The number of rotatable bonds is 8. The van der Waals surface area contributed by atoms with Gasteiger partial charge in [0.25, 0.3) is 11.1 Å². The Labute approximate surface area is 185 Å². The van der Waals surface area contributed by atoms with E-state index in [0.717, 1.165) is 43.3 Å². The summed E-state index contributed by atoms with van der Waals surface area (Å²) in [7, 11) is 2.12. The molecule has 0 spiro atoms. The van der Waals surface area contributed by atoms with Crippen molar-refractivity contribution in [2.45, 2.75) is 11.8 Å². The highest BCUT2D eigenvalue weighted by Crippen LogP contribution is 2.27. The number of piperazine rings is 1. The first-order chi connectivity index (χ1) is 15.2. The molecule has 2 aromatic carbocycles. The number of nitrogens with zero attached hydrogens (tertiary/aromatic N) is 4. The standard InChI is InChI=1S/C22H25N5O3S/c1-26-11-13-27(14-12-26)19-10-6-5-9-18(19)23-20(28)16-31-22-25-24-21(30-22)15-29-17-7-3-2-4-8-17/h2-10H,11-16H2,1H3,(H,23,28). The zero-order valence-electron chi connectivity index (χ0n) is 17.4. The fraction of sp³-hybridized carbons (Fsp3) is 0.318. The van der Waals surface area contributed by atoms with Gasteiger partial charge in [-0.3, -0.25) is 4.79 Å². The van der Waals surface area contributed by atoms with Crippen LogP contribution in [0.3, 0.4) is 0 Å². The highest BCUT2D eigenvalue weighted by molar-refractivity contribution is 7.99. The number of carbonyl (C=O) groups excluding carboxylic acids is 1. The van der Waals surface area contributed by atoms with Crippen LogP contribution in [0.15, 0.2) is 64.2 Å². The number of hydrogen-bond donors (Lipinski definition) is 1. The van der Waals surface area contributed by atoms with Crippen molar-refractivity contribution in [2.24, 2.45) is 0 Å². The highest BCUT2D eigenvalue weighted by atomic mass is 32.2. The number of para-hydroxylation sites is 3. The number of hydrogen-bond acceptors (Lipinski definition) is 8. The summed E-state index contributed by atoms with van der Waals surface area (Å²) in [6.45, 7) is 4.07. The van der Waals surface area contributed by atoms with Gasteiger partial charge in [0.2, 0.25) is 5.91 Å². The molecule has 1 fully saturated rings. The second kappa shape index (κ2) is 10.3. The molecule has 3 aromatic rings. The van der Waals surface area contributed by atoms with Gasteiger partial charge in [0, 0.05) is 26.2 Å². The molecule has 1 amide bonds. The monoisotopic (exact) mass is 439 g/mol. The summed E-state index contributed by atoms with van der Waals surface area (Å²) >= 11 is 1.20.